The topological polar surface area (TPSA) is 76.4 Å². The van der Waals surface area contributed by atoms with Gasteiger partial charge in [0.2, 0.25) is 0 Å². The second kappa shape index (κ2) is 4.69. The molecule has 0 radical (unpaired) electrons. The van der Waals surface area contributed by atoms with Crippen LogP contribution in [-0.4, -0.2) is 20.8 Å². The average molecular weight is 230 g/mol. The first-order chi connectivity index (χ1) is 8.20. The zero-order chi connectivity index (χ0) is 12.3. The first-order valence-corrected chi connectivity index (χ1v) is 5.26. The maximum atomic E-state index is 8.55. The van der Waals surface area contributed by atoms with E-state index in [-0.39, 0.29) is 5.84 Å². The number of benzene rings is 1. The summed E-state index contributed by atoms with van der Waals surface area (Å²) in [6.45, 7) is 2.73. The number of oxime groups is 1. The van der Waals surface area contributed by atoms with Crippen LogP contribution in [0.3, 0.4) is 0 Å². The summed E-state index contributed by atoms with van der Waals surface area (Å²) in [5.74, 6) is 0.117. The van der Waals surface area contributed by atoms with Gasteiger partial charge < -0.3 is 10.9 Å². The van der Waals surface area contributed by atoms with E-state index in [9.17, 15) is 0 Å². The maximum Gasteiger partial charge on any atom is 0.170 e. The molecule has 0 saturated heterocycles. The summed E-state index contributed by atoms with van der Waals surface area (Å²) >= 11 is 0. The Kier molecular flexibility index (Phi) is 3.09. The first-order valence-electron chi connectivity index (χ1n) is 5.26. The van der Waals surface area contributed by atoms with Gasteiger partial charge in [-0.2, -0.15) is 5.10 Å². The quantitative estimate of drug-likeness (QED) is 0.361. The summed E-state index contributed by atoms with van der Waals surface area (Å²) in [6, 6.07) is 9.49. The smallest absolute Gasteiger partial charge is 0.170 e. The van der Waals surface area contributed by atoms with Crippen LogP contribution in [0.25, 0.3) is 0 Å². The number of hydrogen-bond donors (Lipinski definition) is 2. The van der Waals surface area contributed by atoms with Gasteiger partial charge in [-0.25, -0.2) is 0 Å². The lowest BCUT2D eigenvalue weighted by Crippen LogP contribution is -2.13. The zero-order valence-electron chi connectivity index (χ0n) is 9.54. The maximum absolute atomic E-state index is 8.55. The van der Waals surface area contributed by atoms with Crippen LogP contribution in [0.5, 0.6) is 0 Å². The molecular formula is C12H14N4O. The summed E-state index contributed by atoms with van der Waals surface area (Å²) in [7, 11) is 0. The number of aryl methyl sites for hydroxylation is 1. The van der Waals surface area contributed by atoms with Gasteiger partial charge in [0.05, 0.1) is 6.54 Å². The second-order valence-electron chi connectivity index (χ2n) is 3.81. The third-order valence-corrected chi connectivity index (χ3v) is 2.62. The van der Waals surface area contributed by atoms with Crippen molar-refractivity contribution < 1.29 is 5.21 Å². The molecule has 2 rings (SSSR count). The van der Waals surface area contributed by atoms with Gasteiger partial charge in [0, 0.05) is 17.5 Å². The minimum absolute atomic E-state index is 0.117. The van der Waals surface area contributed by atoms with Crippen molar-refractivity contribution in [3.8, 4) is 0 Å². The van der Waals surface area contributed by atoms with Crippen molar-refractivity contribution in [3.05, 3.63) is 53.3 Å². The number of nitrogens with zero attached hydrogens (tertiary/aromatic N) is 3. The van der Waals surface area contributed by atoms with Crippen LogP contribution >= 0.6 is 0 Å². The van der Waals surface area contributed by atoms with Gasteiger partial charge in [-0.15, -0.1) is 0 Å². The van der Waals surface area contributed by atoms with Crippen LogP contribution in [0.2, 0.25) is 0 Å². The number of nitrogens with two attached hydrogens (primary N) is 1. The van der Waals surface area contributed by atoms with Crippen LogP contribution in [0.15, 0.2) is 41.7 Å². The Morgan fingerprint density at radius 2 is 2.06 bits per heavy atom. The van der Waals surface area contributed by atoms with Crippen LogP contribution < -0.4 is 5.73 Å². The highest BCUT2D eigenvalue weighted by Gasteiger charge is 2.01. The third kappa shape index (κ3) is 2.44. The largest absolute Gasteiger partial charge is 0.409 e. The lowest BCUT2D eigenvalue weighted by molar-refractivity contribution is 0.318. The molecule has 0 saturated carbocycles. The van der Waals surface area contributed by atoms with Gasteiger partial charge in [-0.1, -0.05) is 29.4 Å². The van der Waals surface area contributed by atoms with Gasteiger partial charge in [0.15, 0.2) is 5.84 Å². The van der Waals surface area contributed by atoms with Crippen molar-refractivity contribution >= 4 is 5.84 Å². The molecule has 1 aromatic carbocycles. The Balaban J connectivity index is 2.17. The normalized spacial score (nSPS) is 11.7. The summed E-state index contributed by atoms with van der Waals surface area (Å²) in [4.78, 5) is 0. The Morgan fingerprint density at radius 1 is 1.35 bits per heavy atom. The molecular weight excluding hydrogens is 216 g/mol. The van der Waals surface area contributed by atoms with E-state index in [0.717, 1.165) is 17.8 Å². The van der Waals surface area contributed by atoms with Gasteiger partial charge in [-0.05, 0) is 18.6 Å². The molecule has 1 heterocycles. The van der Waals surface area contributed by atoms with Crippen LogP contribution in [0.4, 0.5) is 0 Å². The fourth-order valence-electron chi connectivity index (χ4n) is 1.58. The van der Waals surface area contributed by atoms with E-state index in [1.54, 1.807) is 6.20 Å². The highest BCUT2D eigenvalue weighted by atomic mass is 16.4. The third-order valence-electron chi connectivity index (χ3n) is 2.62. The molecule has 0 fully saturated rings. The zero-order valence-corrected chi connectivity index (χ0v) is 9.54. The molecule has 0 aliphatic heterocycles. The van der Waals surface area contributed by atoms with Gasteiger partial charge >= 0.3 is 0 Å². The average Bonchev–Trinajstić information content (AvgIpc) is 2.75. The van der Waals surface area contributed by atoms with Crippen LogP contribution in [-0.2, 0) is 6.54 Å². The number of amidine groups is 1. The molecule has 0 amide bonds. The first kappa shape index (κ1) is 11.2. The van der Waals surface area contributed by atoms with E-state index in [1.807, 2.05) is 41.9 Å². The van der Waals surface area contributed by atoms with Gasteiger partial charge in [0.25, 0.3) is 0 Å². The highest BCUT2D eigenvalue weighted by Crippen LogP contribution is 2.07. The molecule has 1 aromatic heterocycles. The van der Waals surface area contributed by atoms with Gasteiger partial charge in [0.1, 0.15) is 0 Å². The summed E-state index contributed by atoms with van der Waals surface area (Å²) < 4.78 is 1.92. The lowest BCUT2D eigenvalue weighted by atomic mass is 10.1. The number of aromatic nitrogens is 2. The van der Waals surface area contributed by atoms with Crippen molar-refractivity contribution in [1.29, 1.82) is 0 Å². The predicted molar refractivity (Wildman–Crippen MR) is 65.0 cm³/mol. The van der Waals surface area contributed by atoms with E-state index in [2.05, 4.69) is 10.3 Å². The molecule has 0 aliphatic carbocycles. The van der Waals surface area contributed by atoms with Crippen molar-refractivity contribution in [1.82, 2.24) is 9.78 Å². The Labute approximate surface area is 99.2 Å². The van der Waals surface area contributed by atoms with Crippen molar-refractivity contribution in [3.63, 3.8) is 0 Å². The molecule has 0 aliphatic rings. The standard InChI is InChI=1S/C12H14N4O/c1-9-6-7-14-16(9)8-10-2-4-11(5-3-10)12(13)15-17/h2-7,17H,8H2,1H3,(H2,13,15). The van der Waals surface area contributed by atoms with Gasteiger partial charge in [-0.3, -0.25) is 4.68 Å². The molecule has 0 bridgehead atoms. The Hall–Kier alpha value is -2.30. The fraction of sp³-hybridized carbons (Fsp3) is 0.167. The minimum atomic E-state index is 0.117. The van der Waals surface area contributed by atoms with Crippen LogP contribution in [0, 0.1) is 6.92 Å². The fourth-order valence-corrected chi connectivity index (χ4v) is 1.58. The molecule has 17 heavy (non-hydrogen) atoms. The molecule has 5 heteroatoms. The van der Waals surface area contributed by atoms with E-state index < -0.39 is 0 Å². The molecule has 5 nitrogen and oxygen atoms in total. The molecule has 3 N–H and O–H groups in total. The Morgan fingerprint density at radius 3 is 2.59 bits per heavy atom. The minimum Gasteiger partial charge on any atom is -0.409 e. The van der Waals surface area contributed by atoms with E-state index >= 15 is 0 Å². The summed E-state index contributed by atoms with van der Waals surface area (Å²) in [5.41, 5.74) is 8.42. The number of hydrogen-bond acceptors (Lipinski definition) is 3. The molecule has 0 unspecified atom stereocenters. The van der Waals surface area contributed by atoms with Crippen molar-refractivity contribution in [2.45, 2.75) is 13.5 Å². The Bertz CT molecular complexity index is 528. The summed E-state index contributed by atoms with van der Waals surface area (Å²) in [5, 5.41) is 15.7. The monoisotopic (exact) mass is 230 g/mol. The molecule has 0 spiro atoms. The van der Waals surface area contributed by atoms with E-state index in [1.165, 1.54) is 0 Å². The van der Waals surface area contributed by atoms with E-state index in [4.69, 9.17) is 10.9 Å². The highest BCUT2D eigenvalue weighted by molar-refractivity contribution is 5.96. The predicted octanol–water partition coefficient (Wildman–Crippen LogP) is 1.33. The van der Waals surface area contributed by atoms with Crippen molar-refractivity contribution in [2.24, 2.45) is 10.9 Å². The summed E-state index contributed by atoms with van der Waals surface area (Å²) in [6.07, 6.45) is 1.78. The molecule has 0 atom stereocenters. The van der Waals surface area contributed by atoms with Crippen LogP contribution in [0.1, 0.15) is 16.8 Å². The molecule has 88 valence electrons. The second-order valence-corrected chi connectivity index (χ2v) is 3.81. The number of rotatable bonds is 3. The van der Waals surface area contributed by atoms with E-state index in [0.29, 0.717) is 5.56 Å². The SMILES string of the molecule is Cc1ccnn1Cc1ccc(C(N)=NO)cc1. The lowest BCUT2D eigenvalue weighted by Gasteiger charge is -2.05. The molecule has 2 aromatic rings. The van der Waals surface area contributed by atoms with Crippen molar-refractivity contribution in [2.75, 3.05) is 0 Å².